The summed E-state index contributed by atoms with van der Waals surface area (Å²) in [6, 6.07) is 5.43. The highest BCUT2D eigenvalue weighted by atomic mass is 19.1. The number of aliphatic hydroxyl groups is 1. The number of rotatable bonds is 2. The lowest BCUT2D eigenvalue weighted by Gasteiger charge is -2.17. The lowest BCUT2D eigenvalue weighted by atomic mass is 9.93. The molecule has 0 aliphatic rings. The van der Waals surface area contributed by atoms with Gasteiger partial charge < -0.3 is 5.11 Å². The van der Waals surface area contributed by atoms with E-state index >= 15 is 0 Å². The number of benzene rings is 2. The van der Waals surface area contributed by atoms with Crippen LogP contribution in [0.3, 0.4) is 0 Å². The van der Waals surface area contributed by atoms with Gasteiger partial charge >= 0.3 is 0 Å². The van der Waals surface area contributed by atoms with Gasteiger partial charge in [0, 0.05) is 6.07 Å². The highest BCUT2D eigenvalue weighted by Gasteiger charge is 2.18. The van der Waals surface area contributed by atoms with E-state index in [1.54, 1.807) is 13.8 Å². The molecule has 4 heteroatoms. The highest BCUT2D eigenvalue weighted by Crippen LogP contribution is 2.29. The van der Waals surface area contributed by atoms with Crippen LogP contribution in [0.1, 0.15) is 28.4 Å². The Bertz CT molecular complexity index is 580. The van der Waals surface area contributed by atoms with Crippen molar-refractivity contribution in [3.8, 4) is 0 Å². The third-order valence-electron chi connectivity index (χ3n) is 3.03. The van der Waals surface area contributed by atoms with Crippen LogP contribution in [0.5, 0.6) is 0 Å². The molecule has 19 heavy (non-hydrogen) atoms. The highest BCUT2D eigenvalue weighted by molar-refractivity contribution is 5.41. The predicted molar refractivity (Wildman–Crippen MR) is 66.3 cm³/mol. The minimum absolute atomic E-state index is 0.107. The van der Waals surface area contributed by atoms with Crippen LogP contribution < -0.4 is 0 Å². The molecular weight excluding hydrogens is 253 g/mol. The number of halogens is 3. The van der Waals surface area contributed by atoms with Gasteiger partial charge in [-0.2, -0.15) is 0 Å². The molecule has 0 spiro atoms. The van der Waals surface area contributed by atoms with E-state index in [4.69, 9.17) is 0 Å². The summed E-state index contributed by atoms with van der Waals surface area (Å²) in [7, 11) is 0. The Morgan fingerprint density at radius 1 is 0.789 bits per heavy atom. The topological polar surface area (TPSA) is 20.2 Å². The molecule has 1 atom stereocenters. The summed E-state index contributed by atoms with van der Waals surface area (Å²) >= 11 is 0. The van der Waals surface area contributed by atoms with Gasteiger partial charge in [-0.15, -0.1) is 0 Å². The maximum atomic E-state index is 13.2. The van der Waals surface area contributed by atoms with Gasteiger partial charge in [-0.05, 0) is 60.4 Å². The van der Waals surface area contributed by atoms with Crippen molar-refractivity contribution in [1.82, 2.24) is 0 Å². The molecule has 0 amide bonds. The fraction of sp³-hybridized carbons (Fsp3) is 0.200. The van der Waals surface area contributed by atoms with Gasteiger partial charge in [0.25, 0.3) is 0 Å². The fourth-order valence-electron chi connectivity index (χ4n) is 2.25. The molecule has 0 heterocycles. The first-order valence-corrected chi connectivity index (χ1v) is 5.79. The van der Waals surface area contributed by atoms with Crippen LogP contribution in [-0.4, -0.2) is 5.11 Å². The molecule has 0 aliphatic heterocycles. The molecule has 100 valence electrons. The standard InChI is InChI=1S/C15H13F3O/c1-8-3-11(16)4-9(2)14(8)15(19)10-5-12(17)7-13(18)6-10/h3-7,15,19H,1-2H3. The first-order valence-electron chi connectivity index (χ1n) is 5.79. The van der Waals surface area contributed by atoms with Gasteiger partial charge in [0.05, 0.1) is 0 Å². The van der Waals surface area contributed by atoms with E-state index in [-0.39, 0.29) is 5.56 Å². The van der Waals surface area contributed by atoms with Crippen LogP contribution in [0.4, 0.5) is 13.2 Å². The first-order chi connectivity index (χ1) is 8.88. The van der Waals surface area contributed by atoms with E-state index in [2.05, 4.69) is 0 Å². The van der Waals surface area contributed by atoms with Crippen molar-refractivity contribution in [2.45, 2.75) is 20.0 Å². The normalized spacial score (nSPS) is 12.5. The quantitative estimate of drug-likeness (QED) is 0.876. The molecule has 2 aromatic rings. The average molecular weight is 266 g/mol. The van der Waals surface area contributed by atoms with E-state index < -0.39 is 23.6 Å². The second-order valence-electron chi connectivity index (χ2n) is 4.56. The molecule has 2 aromatic carbocycles. The van der Waals surface area contributed by atoms with Crippen LogP contribution in [-0.2, 0) is 0 Å². The van der Waals surface area contributed by atoms with Crippen molar-refractivity contribution < 1.29 is 18.3 Å². The number of aliphatic hydroxyl groups excluding tert-OH is 1. The zero-order chi connectivity index (χ0) is 14.2. The first kappa shape index (κ1) is 13.6. The van der Waals surface area contributed by atoms with Crippen molar-refractivity contribution in [3.05, 3.63) is 70.0 Å². The minimum Gasteiger partial charge on any atom is -0.384 e. The van der Waals surface area contributed by atoms with Gasteiger partial charge in [-0.3, -0.25) is 0 Å². The molecule has 0 aromatic heterocycles. The van der Waals surface area contributed by atoms with Crippen molar-refractivity contribution in [3.63, 3.8) is 0 Å². The van der Waals surface area contributed by atoms with E-state index in [0.717, 1.165) is 18.2 Å². The predicted octanol–water partition coefficient (Wildman–Crippen LogP) is 3.80. The number of aryl methyl sites for hydroxylation is 2. The average Bonchev–Trinajstić information content (AvgIpc) is 2.25. The Hall–Kier alpha value is -1.81. The van der Waals surface area contributed by atoms with E-state index in [1.165, 1.54) is 12.1 Å². The third-order valence-corrected chi connectivity index (χ3v) is 3.03. The Morgan fingerprint density at radius 3 is 1.68 bits per heavy atom. The molecule has 0 radical (unpaired) electrons. The summed E-state index contributed by atoms with van der Waals surface area (Å²) < 4.78 is 39.5. The lowest BCUT2D eigenvalue weighted by molar-refractivity contribution is 0.217. The molecule has 0 aliphatic carbocycles. The molecule has 1 unspecified atom stereocenters. The Balaban J connectivity index is 2.52. The summed E-state index contributed by atoms with van der Waals surface area (Å²) in [6.45, 7) is 3.29. The number of hydrogen-bond acceptors (Lipinski definition) is 1. The summed E-state index contributed by atoms with van der Waals surface area (Å²) in [5.74, 6) is -1.92. The molecular formula is C15H13F3O. The van der Waals surface area contributed by atoms with Crippen molar-refractivity contribution in [1.29, 1.82) is 0 Å². The monoisotopic (exact) mass is 266 g/mol. The largest absolute Gasteiger partial charge is 0.384 e. The fourth-order valence-corrected chi connectivity index (χ4v) is 2.25. The Labute approximate surface area is 109 Å². The van der Waals surface area contributed by atoms with Crippen molar-refractivity contribution in [2.24, 2.45) is 0 Å². The van der Waals surface area contributed by atoms with E-state index in [0.29, 0.717) is 16.7 Å². The third kappa shape index (κ3) is 2.79. The van der Waals surface area contributed by atoms with Gasteiger partial charge in [0.15, 0.2) is 0 Å². The molecule has 0 saturated carbocycles. The van der Waals surface area contributed by atoms with Crippen molar-refractivity contribution in [2.75, 3.05) is 0 Å². The van der Waals surface area contributed by atoms with Crippen molar-refractivity contribution >= 4 is 0 Å². The maximum Gasteiger partial charge on any atom is 0.126 e. The molecule has 0 fully saturated rings. The second kappa shape index (κ2) is 5.05. The summed E-state index contributed by atoms with van der Waals surface area (Å²) in [5, 5.41) is 10.2. The lowest BCUT2D eigenvalue weighted by Crippen LogP contribution is -2.06. The Kier molecular flexibility index (Phi) is 3.62. The molecule has 2 rings (SSSR count). The molecule has 1 N–H and O–H groups in total. The second-order valence-corrected chi connectivity index (χ2v) is 4.56. The maximum absolute atomic E-state index is 13.2. The zero-order valence-corrected chi connectivity index (χ0v) is 10.5. The van der Waals surface area contributed by atoms with Crippen LogP contribution in [0.2, 0.25) is 0 Å². The molecule has 0 saturated heterocycles. The van der Waals surface area contributed by atoms with Crippen LogP contribution in [0.25, 0.3) is 0 Å². The van der Waals surface area contributed by atoms with Crippen LogP contribution >= 0.6 is 0 Å². The smallest absolute Gasteiger partial charge is 0.126 e. The minimum atomic E-state index is -1.19. The van der Waals surface area contributed by atoms with E-state index in [1.807, 2.05) is 0 Å². The SMILES string of the molecule is Cc1cc(F)cc(C)c1C(O)c1cc(F)cc(F)c1. The van der Waals surface area contributed by atoms with Gasteiger partial charge in [-0.1, -0.05) is 0 Å². The zero-order valence-electron chi connectivity index (χ0n) is 10.5. The van der Waals surface area contributed by atoms with Crippen LogP contribution in [0, 0.1) is 31.3 Å². The summed E-state index contributed by atoms with van der Waals surface area (Å²) in [4.78, 5) is 0. The Morgan fingerprint density at radius 2 is 1.21 bits per heavy atom. The summed E-state index contributed by atoms with van der Waals surface area (Å²) in [6.07, 6.45) is -1.19. The van der Waals surface area contributed by atoms with Gasteiger partial charge in [-0.25, -0.2) is 13.2 Å². The van der Waals surface area contributed by atoms with E-state index in [9.17, 15) is 18.3 Å². The summed E-state index contributed by atoms with van der Waals surface area (Å²) in [5.41, 5.74) is 1.64. The molecule has 1 nitrogen and oxygen atoms in total. The van der Waals surface area contributed by atoms with Gasteiger partial charge in [0.2, 0.25) is 0 Å². The van der Waals surface area contributed by atoms with Gasteiger partial charge in [0.1, 0.15) is 23.6 Å². The molecule has 0 bridgehead atoms. The number of hydrogen-bond donors (Lipinski definition) is 1. The van der Waals surface area contributed by atoms with Crippen LogP contribution in [0.15, 0.2) is 30.3 Å².